The predicted molar refractivity (Wildman–Crippen MR) is 107 cm³/mol. The highest BCUT2D eigenvalue weighted by Gasteiger charge is 2.40. The number of hydrogen-bond acceptors (Lipinski definition) is 4. The largest absolute Gasteiger partial charge is 0.494 e. The highest BCUT2D eigenvalue weighted by molar-refractivity contribution is 5.96. The number of carboxylic acid groups (broad SMARTS) is 1. The minimum atomic E-state index is -0.924. The summed E-state index contributed by atoms with van der Waals surface area (Å²) < 4.78 is 5.34. The summed E-state index contributed by atoms with van der Waals surface area (Å²) in [5.74, 6) is -1.84. The van der Waals surface area contributed by atoms with Gasteiger partial charge >= 0.3 is 5.97 Å². The Morgan fingerprint density at radius 2 is 1.76 bits per heavy atom. The van der Waals surface area contributed by atoms with Gasteiger partial charge in [0.2, 0.25) is 5.91 Å². The van der Waals surface area contributed by atoms with E-state index >= 15 is 0 Å². The van der Waals surface area contributed by atoms with Crippen molar-refractivity contribution in [1.29, 1.82) is 0 Å². The van der Waals surface area contributed by atoms with Crippen LogP contribution in [0.4, 0.5) is 0 Å². The minimum absolute atomic E-state index is 0.132. The second-order valence-electron chi connectivity index (χ2n) is 6.90. The van der Waals surface area contributed by atoms with Crippen molar-refractivity contribution in [2.45, 2.75) is 12.8 Å². The number of carbonyl (C=O) groups is 3. The predicted octanol–water partition coefficient (Wildman–Crippen LogP) is 2.14. The molecule has 3 rings (SSSR count). The van der Waals surface area contributed by atoms with Crippen molar-refractivity contribution in [3.63, 3.8) is 0 Å². The van der Waals surface area contributed by atoms with E-state index in [1.165, 1.54) is 4.90 Å². The van der Waals surface area contributed by atoms with E-state index in [4.69, 9.17) is 4.74 Å². The van der Waals surface area contributed by atoms with Crippen molar-refractivity contribution in [2.75, 3.05) is 26.2 Å². The highest BCUT2D eigenvalue weighted by atomic mass is 16.5. The Labute approximate surface area is 169 Å². The van der Waals surface area contributed by atoms with Crippen LogP contribution in [0.1, 0.15) is 28.8 Å². The van der Waals surface area contributed by atoms with Gasteiger partial charge < -0.3 is 20.1 Å². The topological polar surface area (TPSA) is 95.9 Å². The number of hydrogen-bond donors (Lipinski definition) is 2. The van der Waals surface area contributed by atoms with E-state index in [0.29, 0.717) is 24.5 Å². The van der Waals surface area contributed by atoms with Crippen LogP contribution >= 0.6 is 0 Å². The van der Waals surface area contributed by atoms with Crippen LogP contribution in [0.5, 0.6) is 5.75 Å². The normalized spacial score (nSPS) is 18.3. The molecule has 0 saturated carbocycles. The standard InChI is InChI=1S/C22H24N2O5/c1-2-29-17-10-8-16(9-11-17)21(26)23-12-20(25)24-13-18(19(14-24)22(27)28)15-6-4-3-5-7-15/h3-11,18-19H,2,12-14H2,1H3,(H,23,26)(H,27,28)/t18-,19-/m0/s1. The Kier molecular flexibility index (Phi) is 6.49. The van der Waals surface area contributed by atoms with Crippen LogP contribution in [0.3, 0.4) is 0 Å². The van der Waals surface area contributed by atoms with Gasteiger partial charge in [-0.05, 0) is 36.8 Å². The van der Waals surface area contributed by atoms with Crippen LogP contribution < -0.4 is 10.1 Å². The number of benzene rings is 2. The zero-order chi connectivity index (χ0) is 20.8. The van der Waals surface area contributed by atoms with Crippen LogP contribution in [0.25, 0.3) is 0 Å². The third-order valence-electron chi connectivity index (χ3n) is 5.05. The van der Waals surface area contributed by atoms with Gasteiger partial charge in [0.05, 0.1) is 19.1 Å². The van der Waals surface area contributed by atoms with Gasteiger partial charge in [0, 0.05) is 24.6 Å². The molecule has 0 spiro atoms. The summed E-state index contributed by atoms with van der Waals surface area (Å²) in [7, 11) is 0. The molecule has 1 saturated heterocycles. The van der Waals surface area contributed by atoms with Crippen molar-refractivity contribution in [2.24, 2.45) is 5.92 Å². The highest BCUT2D eigenvalue weighted by Crippen LogP contribution is 2.32. The molecule has 1 aliphatic rings. The third-order valence-corrected chi connectivity index (χ3v) is 5.05. The van der Waals surface area contributed by atoms with Gasteiger partial charge in [-0.25, -0.2) is 0 Å². The zero-order valence-electron chi connectivity index (χ0n) is 16.2. The molecular formula is C22H24N2O5. The Morgan fingerprint density at radius 1 is 1.07 bits per heavy atom. The number of likely N-dealkylation sites (tertiary alicyclic amines) is 1. The number of nitrogens with zero attached hydrogens (tertiary/aromatic N) is 1. The molecule has 2 aromatic carbocycles. The smallest absolute Gasteiger partial charge is 0.308 e. The summed E-state index contributed by atoms with van der Waals surface area (Å²) in [6.07, 6.45) is 0. The minimum Gasteiger partial charge on any atom is -0.494 e. The number of carboxylic acids is 1. The van der Waals surface area contributed by atoms with E-state index in [1.54, 1.807) is 24.3 Å². The molecule has 1 aliphatic heterocycles. The Bertz CT molecular complexity index is 867. The molecular weight excluding hydrogens is 372 g/mol. The van der Waals surface area contributed by atoms with E-state index in [9.17, 15) is 19.5 Å². The summed E-state index contributed by atoms with van der Waals surface area (Å²) in [4.78, 5) is 38.0. The van der Waals surface area contributed by atoms with Crippen LogP contribution in [-0.2, 0) is 9.59 Å². The van der Waals surface area contributed by atoms with Crippen molar-refractivity contribution < 1.29 is 24.2 Å². The molecule has 152 valence electrons. The molecule has 0 aromatic heterocycles. The lowest BCUT2D eigenvalue weighted by molar-refractivity contribution is -0.141. The number of amides is 2. The molecule has 0 radical (unpaired) electrons. The summed E-state index contributed by atoms with van der Waals surface area (Å²) in [6.45, 7) is 2.68. The summed E-state index contributed by atoms with van der Waals surface area (Å²) in [5.41, 5.74) is 1.32. The molecule has 2 N–H and O–H groups in total. The first-order chi connectivity index (χ1) is 14.0. The Hall–Kier alpha value is -3.35. The van der Waals surface area contributed by atoms with Gasteiger partial charge in [0.1, 0.15) is 5.75 Å². The quantitative estimate of drug-likeness (QED) is 0.748. The molecule has 1 heterocycles. The van der Waals surface area contributed by atoms with E-state index in [-0.39, 0.29) is 30.8 Å². The van der Waals surface area contributed by atoms with Crippen molar-refractivity contribution >= 4 is 17.8 Å². The first kappa shape index (κ1) is 20.4. The Morgan fingerprint density at radius 3 is 2.38 bits per heavy atom. The molecule has 0 bridgehead atoms. The van der Waals surface area contributed by atoms with Crippen LogP contribution in [0, 0.1) is 5.92 Å². The van der Waals surface area contributed by atoms with Crippen LogP contribution in [-0.4, -0.2) is 54.0 Å². The van der Waals surface area contributed by atoms with Crippen LogP contribution in [0.15, 0.2) is 54.6 Å². The van der Waals surface area contributed by atoms with Gasteiger partial charge in [0.15, 0.2) is 0 Å². The molecule has 0 aliphatic carbocycles. The molecule has 2 atom stereocenters. The number of aliphatic carboxylic acids is 1. The average molecular weight is 396 g/mol. The number of rotatable bonds is 7. The second kappa shape index (κ2) is 9.23. The number of ether oxygens (including phenoxy) is 1. The van der Waals surface area contributed by atoms with Gasteiger partial charge in [-0.3, -0.25) is 14.4 Å². The first-order valence-electron chi connectivity index (χ1n) is 9.56. The SMILES string of the molecule is CCOc1ccc(C(=O)NCC(=O)N2C[C@H](C(=O)O)[C@H](c3ccccc3)C2)cc1. The first-order valence-corrected chi connectivity index (χ1v) is 9.56. The fourth-order valence-corrected chi connectivity index (χ4v) is 3.53. The second-order valence-corrected chi connectivity index (χ2v) is 6.90. The fourth-order valence-electron chi connectivity index (χ4n) is 3.53. The molecule has 29 heavy (non-hydrogen) atoms. The average Bonchev–Trinajstić information content (AvgIpc) is 3.19. The third kappa shape index (κ3) is 4.93. The van der Waals surface area contributed by atoms with E-state index < -0.39 is 11.9 Å². The molecule has 0 unspecified atom stereocenters. The monoisotopic (exact) mass is 396 g/mol. The Balaban J connectivity index is 1.59. The summed E-state index contributed by atoms with van der Waals surface area (Å²) in [6, 6.07) is 16.0. The molecule has 1 fully saturated rings. The van der Waals surface area contributed by atoms with Crippen molar-refractivity contribution in [3.8, 4) is 5.75 Å². The van der Waals surface area contributed by atoms with Crippen molar-refractivity contribution in [1.82, 2.24) is 10.2 Å². The molecule has 7 heteroatoms. The number of nitrogens with one attached hydrogen (secondary N) is 1. The molecule has 2 aromatic rings. The van der Waals surface area contributed by atoms with Gasteiger partial charge in [-0.1, -0.05) is 30.3 Å². The van der Waals surface area contributed by atoms with E-state index in [0.717, 1.165) is 5.56 Å². The maximum atomic E-state index is 12.6. The lowest BCUT2D eigenvalue weighted by Gasteiger charge is -2.17. The van der Waals surface area contributed by atoms with E-state index in [2.05, 4.69) is 5.32 Å². The maximum absolute atomic E-state index is 12.6. The van der Waals surface area contributed by atoms with E-state index in [1.807, 2.05) is 37.3 Å². The fraction of sp³-hybridized carbons (Fsp3) is 0.318. The summed E-state index contributed by atoms with van der Waals surface area (Å²) >= 11 is 0. The number of carbonyl (C=O) groups excluding carboxylic acids is 2. The molecule has 2 amide bonds. The van der Waals surface area contributed by atoms with Gasteiger partial charge in [-0.15, -0.1) is 0 Å². The van der Waals surface area contributed by atoms with Crippen molar-refractivity contribution in [3.05, 3.63) is 65.7 Å². The summed E-state index contributed by atoms with van der Waals surface area (Å²) in [5, 5.41) is 12.2. The lowest BCUT2D eigenvalue weighted by Crippen LogP contribution is -2.39. The van der Waals surface area contributed by atoms with Crippen LogP contribution in [0.2, 0.25) is 0 Å². The molecule has 7 nitrogen and oxygen atoms in total. The van der Waals surface area contributed by atoms with Gasteiger partial charge in [-0.2, -0.15) is 0 Å². The zero-order valence-corrected chi connectivity index (χ0v) is 16.2. The van der Waals surface area contributed by atoms with Gasteiger partial charge in [0.25, 0.3) is 5.91 Å². The maximum Gasteiger partial charge on any atom is 0.308 e. The lowest BCUT2D eigenvalue weighted by atomic mass is 9.89.